The molecule has 0 spiro atoms. The Morgan fingerprint density at radius 3 is 2.50 bits per heavy atom. The molecule has 20 heavy (non-hydrogen) atoms. The van der Waals surface area contributed by atoms with Gasteiger partial charge in [0, 0.05) is 18.7 Å². The van der Waals surface area contributed by atoms with Gasteiger partial charge in [-0.1, -0.05) is 13.0 Å². The number of carbonyl (C=O) groups is 2. The zero-order chi connectivity index (χ0) is 15.1. The number of aromatic carboxylic acids is 1. The van der Waals surface area contributed by atoms with Gasteiger partial charge in [0.05, 0.1) is 12.7 Å². The highest BCUT2D eigenvalue weighted by molar-refractivity contribution is 5.98. The van der Waals surface area contributed by atoms with Gasteiger partial charge >= 0.3 is 5.97 Å². The summed E-state index contributed by atoms with van der Waals surface area (Å²) in [5, 5.41) is 9.06. The summed E-state index contributed by atoms with van der Waals surface area (Å²) in [5.41, 5.74) is 0.333. The van der Waals surface area contributed by atoms with E-state index in [0.717, 1.165) is 6.42 Å². The molecule has 0 saturated heterocycles. The number of carboxylic acids is 1. The molecule has 1 rings (SSSR count). The van der Waals surface area contributed by atoms with Crippen LogP contribution in [0.4, 0.5) is 0 Å². The summed E-state index contributed by atoms with van der Waals surface area (Å²) in [4.78, 5) is 25.1. The monoisotopic (exact) mass is 277 g/mol. The second kappa shape index (κ2) is 7.33. The molecule has 1 aromatic carbocycles. The lowest BCUT2D eigenvalue weighted by Gasteiger charge is -2.20. The lowest BCUT2D eigenvalue weighted by Crippen LogP contribution is -2.32. The number of nitrogens with zero attached hydrogens (tertiary/aromatic N) is 1. The van der Waals surface area contributed by atoms with Crippen LogP contribution in [0.1, 0.15) is 34.1 Å². The van der Waals surface area contributed by atoms with Gasteiger partial charge in [-0.3, -0.25) is 4.79 Å². The summed E-state index contributed by atoms with van der Waals surface area (Å²) in [6, 6.07) is 4.29. The molecular formula is C15H19NO4. The summed E-state index contributed by atoms with van der Waals surface area (Å²) >= 11 is 0. The van der Waals surface area contributed by atoms with Crippen molar-refractivity contribution in [2.24, 2.45) is 0 Å². The minimum Gasteiger partial charge on any atom is -0.497 e. The van der Waals surface area contributed by atoms with Crippen molar-refractivity contribution >= 4 is 11.9 Å². The lowest BCUT2D eigenvalue weighted by atomic mass is 10.1. The molecule has 0 aliphatic heterocycles. The Morgan fingerprint density at radius 2 is 2.00 bits per heavy atom. The van der Waals surface area contributed by atoms with E-state index in [-0.39, 0.29) is 11.5 Å². The normalized spacial score (nSPS) is 9.90. The van der Waals surface area contributed by atoms with Crippen LogP contribution < -0.4 is 4.74 Å². The van der Waals surface area contributed by atoms with Crippen molar-refractivity contribution < 1.29 is 19.4 Å². The number of ether oxygens (including phenoxy) is 1. The predicted octanol–water partition coefficient (Wildman–Crippen LogP) is 2.43. The van der Waals surface area contributed by atoms with Gasteiger partial charge in [0.2, 0.25) is 0 Å². The maximum Gasteiger partial charge on any atom is 0.335 e. The Balaban J connectivity index is 3.15. The van der Waals surface area contributed by atoms with Crippen LogP contribution in [0.5, 0.6) is 5.75 Å². The smallest absolute Gasteiger partial charge is 0.335 e. The Hall–Kier alpha value is -2.30. The molecule has 108 valence electrons. The molecule has 1 amide bonds. The van der Waals surface area contributed by atoms with Gasteiger partial charge in [-0.2, -0.15) is 0 Å². The van der Waals surface area contributed by atoms with E-state index in [1.165, 1.54) is 19.2 Å². The predicted molar refractivity (Wildman–Crippen MR) is 76.3 cm³/mol. The summed E-state index contributed by atoms with van der Waals surface area (Å²) in [6.07, 6.45) is 2.46. The molecule has 0 unspecified atom stereocenters. The van der Waals surface area contributed by atoms with Gasteiger partial charge in [-0.25, -0.2) is 4.79 Å². The number of methoxy groups -OCH3 is 1. The fourth-order valence-electron chi connectivity index (χ4n) is 1.85. The van der Waals surface area contributed by atoms with E-state index in [4.69, 9.17) is 9.84 Å². The number of rotatable bonds is 7. The summed E-state index contributed by atoms with van der Waals surface area (Å²) in [7, 11) is 1.43. The van der Waals surface area contributed by atoms with Gasteiger partial charge in [-0.05, 0) is 24.6 Å². The van der Waals surface area contributed by atoms with Gasteiger partial charge in [-0.15, -0.1) is 6.58 Å². The molecule has 0 heterocycles. The van der Waals surface area contributed by atoms with Crippen LogP contribution in [0.25, 0.3) is 0 Å². The number of hydrogen-bond donors (Lipinski definition) is 1. The number of amides is 1. The SMILES string of the molecule is C=CCN(CCC)C(=O)c1cc(OC)cc(C(=O)O)c1. The molecule has 1 N–H and O–H groups in total. The third-order valence-corrected chi connectivity index (χ3v) is 2.77. The van der Waals surface area contributed by atoms with Gasteiger partial charge in [0.25, 0.3) is 5.91 Å². The minimum atomic E-state index is -1.09. The van der Waals surface area contributed by atoms with E-state index >= 15 is 0 Å². The zero-order valence-corrected chi connectivity index (χ0v) is 11.8. The first kappa shape index (κ1) is 15.8. The first-order valence-electron chi connectivity index (χ1n) is 6.36. The van der Waals surface area contributed by atoms with Crippen LogP contribution in [0.3, 0.4) is 0 Å². The van der Waals surface area contributed by atoms with Crippen molar-refractivity contribution in [2.45, 2.75) is 13.3 Å². The van der Waals surface area contributed by atoms with E-state index in [1.54, 1.807) is 17.0 Å². The molecule has 1 aromatic rings. The van der Waals surface area contributed by atoms with Crippen molar-refractivity contribution in [3.8, 4) is 5.75 Å². The number of hydrogen-bond acceptors (Lipinski definition) is 3. The Kier molecular flexibility index (Phi) is 5.77. The fraction of sp³-hybridized carbons (Fsp3) is 0.333. The third-order valence-electron chi connectivity index (χ3n) is 2.77. The lowest BCUT2D eigenvalue weighted by molar-refractivity contribution is 0.0696. The highest BCUT2D eigenvalue weighted by Crippen LogP contribution is 2.19. The first-order chi connectivity index (χ1) is 9.53. The van der Waals surface area contributed by atoms with Crippen LogP contribution in [0.2, 0.25) is 0 Å². The Morgan fingerprint density at radius 1 is 1.35 bits per heavy atom. The van der Waals surface area contributed by atoms with E-state index in [9.17, 15) is 9.59 Å². The average molecular weight is 277 g/mol. The zero-order valence-electron chi connectivity index (χ0n) is 11.8. The van der Waals surface area contributed by atoms with Gasteiger partial charge in [0.1, 0.15) is 5.75 Å². The summed E-state index contributed by atoms with van der Waals surface area (Å²) in [6.45, 7) is 6.61. The Bertz CT molecular complexity index is 511. The van der Waals surface area contributed by atoms with Crippen LogP contribution in [0, 0.1) is 0 Å². The maximum absolute atomic E-state index is 12.4. The largest absolute Gasteiger partial charge is 0.497 e. The van der Waals surface area contributed by atoms with Crippen molar-refractivity contribution in [2.75, 3.05) is 20.2 Å². The van der Waals surface area contributed by atoms with Crippen molar-refractivity contribution in [3.05, 3.63) is 42.0 Å². The fourth-order valence-corrected chi connectivity index (χ4v) is 1.85. The van der Waals surface area contributed by atoms with Crippen LogP contribution >= 0.6 is 0 Å². The molecule has 5 nitrogen and oxygen atoms in total. The molecule has 0 fully saturated rings. The number of carboxylic acid groups (broad SMARTS) is 1. The maximum atomic E-state index is 12.4. The number of benzene rings is 1. The molecule has 0 radical (unpaired) electrons. The van der Waals surface area contributed by atoms with Crippen molar-refractivity contribution in [3.63, 3.8) is 0 Å². The summed E-state index contributed by atoms with van der Waals surface area (Å²) in [5.74, 6) is -0.972. The molecule has 5 heteroatoms. The van der Waals surface area contributed by atoms with Crippen molar-refractivity contribution in [1.82, 2.24) is 4.90 Å². The van der Waals surface area contributed by atoms with Gasteiger partial charge in [0.15, 0.2) is 0 Å². The number of carbonyl (C=O) groups excluding carboxylic acids is 1. The van der Waals surface area contributed by atoms with E-state index in [0.29, 0.717) is 24.4 Å². The molecule has 0 aromatic heterocycles. The summed E-state index contributed by atoms with van der Waals surface area (Å²) < 4.78 is 5.04. The second-order valence-corrected chi connectivity index (χ2v) is 4.30. The molecule has 0 atom stereocenters. The highest BCUT2D eigenvalue weighted by atomic mass is 16.5. The molecular weight excluding hydrogens is 258 g/mol. The topological polar surface area (TPSA) is 66.8 Å². The van der Waals surface area contributed by atoms with Crippen LogP contribution in [-0.4, -0.2) is 42.1 Å². The minimum absolute atomic E-state index is 0.0303. The molecule has 0 aliphatic rings. The Labute approximate surface area is 118 Å². The van der Waals surface area contributed by atoms with E-state index in [2.05, 4.69) is 6.58 Å². The van der Waals surface area contributed by atoms with Crippen molar-refractivity contribution in [1.29, 1.82) is 0 Å². The first-order valence-corrected chi connectivity index (χ1v) is 6.36. The van der Waals surface area contributed by atoms with E-state index < -0.39 is 5.97 Å². The quantitative estimate of drug-likeness (QED) is 0.777. The second-order valence-electron chi connectivity index (χ2n) is 4.30. The average Bonchev–Trinajstić information content (AvgIpc) is 2.45. The highest BCUT2D eigenvalue weighted by Gasteiger charge is 2.17. The third kappa shape index (κ3) is 3.85. The molecule has 0 bridgehead atoms. The standard InChI is InChI=1S/C15H19NO4/c1-4-6-16(7-5-2)14(17)11-8-12(15(18)19)10-13(9-11)20-3/h4,8-10H,1,5-7H2,2-3H3,(H,18,19). The van der Waals surface area contributed by atoms with E-state index in [1.807, 2.05) is 6.92 Å². The molecule has 0 aliphatic carbocycles. The molecule has 0 saturated carbocycles. The van der Waals surface area contributed by atoms with Crippen LogP contribution in [-0.2, 0) is 0 Å². The van der Waals surface area contributed by atoms with Gasteiger partial charge < -0.3 is 14.7 Å². The van der Waals surface area contributed by atoms with Crippen LogP contribution in [0.15, 0.2) is 30.9 Å².